The molecule has 168 valence electrons. The molecule has 0 spiro atoms. The van der Waals surface area contributed by atoms with Gasteiger partial charge in [-0.15, -0.1) is 0 Å². The molecule has 1 atom stereocenters. The Bertz CT molecular complexity index is 1260. The van der Waals surface area contributed by atoms with E-state index in [0.717, 1.165) is 5.56 Å². The lowest BCUT2D eigenvalue weighted by molar-refractivity contribution is -0.132. The molecule has 2 N–H and O–H groups in total. The molecule has 1 amide bonds. The van der Waals surface area contributed by atoms with Gasteiger partial charge in [-0.2, -0.15) is 0 Å². The highest BCUT2D eigenvalue weighted by Gasteiger charge is 2.47. The molecule has 1 aliphatic rings. The molecule has 1 saturated heterocycles. The first-order chi connectivity index (χ1) is 15.8. The molecule has 1 aliphatic heterocycles. The standard InChI is InChI=1S/C26H23NO6/c1-15-13-17(7-12-21(15)33-3)24(29)22-23(16-5-4-6-19(28)14-16)27(26(31)25(22)30)18-8-10-20(32-2)11-9-18/h4-14,23,28-29H,1-3H3/b24-22-. The quantitative estimate of drug-likeness (QED) is 0.345. The van der Waals surface area contributed by atoms with E-state index in [1.165, 1.54) is 24.1 Å². The van der Waals surface area contributed by atoms with E-state index in [4.69, 9.17) is 9.47 Å². The Morgan fingerprint density at radius 3 is 2.27 bits per heavy atom. The Balaban J connectivity index is 1.92. The number of carbonyl (C=O) groups is 2. The molecule has 0 aromatic heterocycles. The predicted molar refractivity (Wildman–Crippen MR) is 124 cm³/mol. The fourth-order valence-corrected chi connectivity index (χ4v) is 4.03. The van der Waals surface area contributed by atoms with Gasteiger partial charge in [0.1, 0.15) is 23.0 Å². The highest BCUT2D eigenvalue weighted by molar-refractivity contribution is 6.51. The van der Waals surface area contributed by atoms with Gasteiger partial charge < -0.3 is 19.7 Å². The first-order valence-corrected chi connectivity index (χ1v) is 10.2. The molecular formula is C26H23NO6. The number of methoxy groups -OCH3 is 2. The fraction of sp³-hybridized carbons (Fsp3) is 0.154. The highest BCUT2D eigenvalue weighted by atomic mass is 16.5. The minimum atomic E-state index is -0.937. The van der Waals surface area contributed by atoms with Crippen molar-refractivity contribution in [2.75, 3.05) is 19.1 Å². The van der Waals surface area contributed by atoms with E-state index in [1.807, 2.05) is 6.92 Å². The minimum Gasteiger partial charge on any atom is -0.508 e. The van der Waals surface area contributed by atoms with Crippen LogP contribution in [0.5, 0.6) is 17.2 Å². The Morgan fingerprint density at radius 1 is 0.939 bits per heavy atom. The number of nitrogens with zero attached hydrogens (tertiary/aromatic N) is 1. The number of hydrogen-bond acceptors (Lipinski definition) is 6. The van der Waals surface area contributed by atoms with Crippen LogP contribution in [-0.4, -0.2) is 36.1 Å². The molecular weight excluding hydrogens is 422 g/mol. The third-order valence-corrected chi connectivity index (χ3v) is 5.65. The van der Waals surface area contributed by atoms with Gasteiger partial charge in [0.05, 0.1) is 25.8 Å². The van der Waals surface area contributed by atoms with E-state index >= 15 is 0 Å². The Kier molecular flexibility index (Phi) is 5.79. The van der Waals surface area contributed by atoms with Crippen LogP contribution in [0, 0.1) is 6.92 Å². The van der Waals surface area contributed by atoms with Crippen LogP contribution in [0.3, 0.4) is 0 Å². The number of anilines is 1. The van der Waals surface area contributed by atoms with Crippen molar-refractivity contribution in [3.63, 3.8) is 0 Å². The second kappa shape index (κ2) is 8.70. The molecule has 7 nitrogen and oxygen atoms in total. The third kappa shape index (κ3) is 3.89. The topological polar surface area (TPSA) is 96.3 Å². The highest BCUT2D eigenvalue weighted by Crippen LogP contribution is 2.43. The number of carbonyl (C=O) groups excluding carboxylic acids is 2. The number of aromatic hydroxyl groups is 1. The van der Waals surface area contributed by atoms with Crippen LogP contribution in [0.1, 0.15) is 22.7 Å². The van der Waals surface area contributed by atoms with Crippen molar-refractivity contribution >= 4 is 23.1 Å². The third-order valence-electron chi connectivity index (χ3n) is 5.65. The van der Waals surface area contributed by atoms with Gasteiger partial charge in [0.2, 0.25) is 0 Å². The fourth-order valence-electron chi connectivity index (χ4n) is 4.03. The molecule has 3 aromatic rings. The molecule has 1 unspecified atom stereocenters. The van der Waals surface area contributed by atoms with Crippen LogP contribution in [0.15, 0.2) is 72.3 Å². The Hall–Kier alpha value is -4.26. The van der Waals surface area contributed by atoms with Gasteiger partial charge in [-0.25, -0.2) is 0 Å². The van der Waals surface area contributed by atoms with Crippen LogP contribution in [0.2, 0.25) is 0 Å². The van der Waals surface area contributed by atoms with E-state index in [9.17, 15) is 19.8 Å². The van der Waals surface area contributed by atoms with Gasteiger partial charge in [-0.3, -0.25) is 14.5 Å². The number of ketones is 1. The summed E-state index contributed by atoms with van der Waals surface area (Å²) in [6.07, 6.45) is 0. The first kappa shape index (κ1) is 22.0. The summed E-state index contributed by atoms with van der Waals surface area (Å²) in [6.45, 7) is 1.82. The minimum absolute atomic E-state index is 0.0203. The Labute approximate surface area is 191 Å². The number of aryl methyl sites for hydroxylation is 1. The van der Waals surface area contributed by atoms with Gasteiger partial charge in [-0.05, 0) is 72.6 Å². The molecule has 3 aromatic carbocycles. The summed E-state index contributed by atoms with van der Waals surface area (Å²) in [4.78, 5) is 27.7. The molecule has 0 bridgehead atoms. The summed E-state index contributed by atoms with van der Waals surface area (Å²) < 4.78 is 10.5. The molecule has 0 aliphatic carbocycles. The van der Waals surface area contributed by atoms with Crippen molar-refractivity contribution in [2.24, 2.45) is 0 Å². The molecule has 4 rings (SSSR count). The molecule has 1 fully saturated rings. The molecule has 7 heteroatoms. The zero-order valence-electron chi connectivity index (χ0n) is 18.4. The normalized spacial score (nSPS) is 17.3. The smallest absolute Gasteiger partial charge is 0.300 e. The van der Waals surface area contributed by atoms with Gasteiger partial charge in [0.15, 0.2) is 0 Å². The van der Waals surface area contributed by atoms with Crippen molar-refractivity contribution in [3.05, 3.63) is 89.0 Å². The molecule has 0 saturated carbocycles. The number of amides is 1. The molecule has 1 heterocycles. The van der Waals surface area contributed by atoms with E-state index in [0.29, 0.717) is 28.3 Å². The van der Waals surface area contributed by atoms with E-state index < -0.39 is 17.7 Å². The average Bonchev–Trinajstić information content (AvgIpc) is 3.09. The van der Waals surface area contributed by atoms with Crippen LogP contribution in [0.25, 0.3) is 5.76 Å². The summed E-state index contributed by atoms with van der Waals surface area (Å²) >= 11 is 0. The number of aliphatic hydroxyl groups excluding tert-OH is 1. The first-order valence-electron chi connectivity index (χ1n) is 10.2. The van der Waals surface area contributed by atoms with Crippen molar-refractivity contribution < 1.29 is 29.3 Å². The summed E-state index contributed by atoms with van der Waals surface area (Å²) in [5.74, 6) is -0.685. The summed E-state index contributed by atoms with van der Waals surface area (Å²) in [5.41, 5.74) is 2.02. The van der Waals surface area contributed by atoms with Gasteiger partial charge in [0.25, 0.3) is 11.7 Å². The number of ether oxygens (including phenoxy) is 2. The average molecular weight is 445 g/mol. The van der Waals surface area contributed by atoms with Crippen molar-refractivity contribution in [3.8, 4) is 17.2 Å². The van der Waals surface area contributed by atoms with Gasteiger partial charge >= 0.3 is 0 Å². The lowest BCUT2D eigenvalue weighted by Crippen LogP contribution is -2.29. The number of phenolic OH excluding ortho intramolecular Hbond substituents is 1. The second-order valence-corrected chi connectivity index (χ2v) is 7.65. The zero-order chi connectivity index (χ0) is 23.7. The second-order valence-electron chi connectivity index (χ2n) is 7.65. The largest absolute Gasteiger partial charge is 0.508 e. The summed E-state index contributed by atoms with van der Waals surface area (Å²) in [5, 5.41) is 21.3. The molecule has 33 heavy (non-hydrogen) atoms. The maximum absolute atomic E-state index is 13.2. The number of phenols is 1. The maximum atomic E-state index is 13.2. The van der Waals surface area contributed by atoms with Crippen molar-refractivity contribution in [2.45, 2.75) is 13.0 Å². The maximum Gasteiger partial charge on any atom is 0.300 e. The van der Waals surface area contributed by atoms with Crippen LogP contribution >= 0.6 is 0 Å². The van der Waals surface area contributed by atoms with Crippen molar-refractivity contribution in [1.29, 1.82) is 0 Å². The summed E-state index contributed by atoms with van der Waals surface area (Å²) in [7, 11) is 3.08. The van der Waals surface area contributed by atoms with Crippen molar-refractivity contribution in [1.82, 2.24) is 0 Å². The lowest BCUT2D eigenvalue weighted by Gasteiger charge is -2.25. The van der Waals surface area contributed by atoms with Crippen LogP contribution in [0.4, 0.5) is 5.69 Å². The Morgan fingerprint density at radius 2 is 1.67 bits per heavy atom. The molecule has 0 radical (unpaired) electrons. The van der Waals surface area contributed by atoms with E-state index in [2.05, 4.69) is 0 Å². The number of benzene rings is 3. The van der Waals surface area contributed by atoms with E-state index in [-0.39, 0.29) is 17.1 Å². The zero-order valence-corrected chi connectivity index (χ0v) is 18.4. The monoisotopic (exact) mass is 445 g/mol. The van der Waals surface area contributed by atoms with E-state index in [1.54, 1.807) is 61.7 Å². The number of rotatable bonds is 5. The number of hydrogen-bond donors (Lipinski definition) is 2. The predicted octanol–water partition coefficient (Wildman–Crippen LogP) is 4.34. The van der Waals surface area contributed by atoms with Gasteiger partial charge in [-0.1, -0.05) is 12.1 Å². The van der Waals surface area contributed by atoms with Crippen LogP contribution in [-0.2, 0) is 9.59 Å². The number of aliphatic hydroxyl groups is 1. The number of Topliss-reactive ketones (excluding diaryl/α,β-unsaturated/α-hetero) is 1. The summed E-state index contributed by atoms with van der Waals surface area (Å²) in [6, 6.07) is 17.0. The lowest BCUT2D eigenvalue weighted by atomic mass is 9.94. The SMILES string of the molecule is COc1ccc(N2C(=O)C(=O)/C(=C(\O)c3ccc(OC)c(C)c3)C2c2cccc(O)c2)cc1. The van der Waals surface area contributed by atoms with Crippen LogP contribution < -0.4 is 14.4 Å². The van der Waals surface area contributed by atoms with Gasteiger partial charge in [0, 0.05) is 11.3 Å².